The van der Waals surface area contributed by atoms with Gasteiger partial charge < -0.3 is 8.98 Å². The van der Waals surface area contributed by atoms with E-state index in [9.17, 15) is 13.2 Å². The van der Waals surface area contributed by atoms with Crippen molar-refractivity contribution in [2.75, 3.05) is 0 Å². The summed E-state index contributed by atoms with van der Waals surface area (Å²) < 4.78 is 47.2. The number of benzene rings is 2. The molecule has 0 bridgehead atoms. The van der Waals surface area contributed by atoms with Gasteiger partial charge >= 0.3 is 6.18 Å². The van der Waals surface area contributed by atoms with Crippen LogP contribution in [0.25, 0.3) is 33.9 Å². The average Bonchev–Trinajstić information content (AvgIpc) is 3.19. The zero-order chi connectivity index (χ0) is 19.3. The molecule has 4 aromatic rings. The van der Waals surface area contributed by atoms with Crippen molar-refractivity contribution < 1.29 is 17.6 Å². The summed E-state index contributed by atoms with van der Waals surface area (Å²) in [5.41, 5.74) is 0.829. The first kappa shape index (κ1) is 18.1. The van der Waals surface area contributed by atoms with E-state index in [4.69, 9.17) is 16.0 Å². The largest absolute Gasteiger partial charge is 0.453 e. The normalized spacial score (nSPS) is 12.1. The van der Waals surface area contributed by atoms with E-state index >= 15 is 0 Å². The van der Waals surface area contributed by atoms with Crippen molar-refractivity contribution in [1.82, 2.24) is 9.55 Å². The van der Waals surface area contributed by atoms with E-state index in [1.165, 1.54) is 6.07 Å². The fourth-order valence-electron chi connectivity index (χ4n) is 2.88. The molecule has 0 fully saturated rings. The minimum absolute atomic E-state index is 0.374. The van der Waals surface area contributed by atoms with Crippen molar-refractivity contribution in [3.05, 3.63) is 63.6 Å². The molecule has 0 aliphatic heterocycles. The monoisotopic (exact) mass is 454 g/mol. The number of alkyl halides is 3. The molecule has 2 heterocycles. The van der Waals surface area contributed by atoms with E-state index in [2.05, 4.69) is 20.9 Å². The first-order valence-corrected chi connectivity index (χ1v) is 9.00. The van der Waals surface area contributed by atoms with Crippen LogP contribution in [0.3, 0.4) is 0 Å². The number of rotatable bonds is 2. The summed E-state index contributed by atoms with van der Waals surface area (Å²) in [7, 11) is 1.65. The number of furan rings is 1. The van der Waals surface area contributed by atoms with E-state index < -0.39 is 11.7 Å². The number of hydrogen-bond acceptors (Lipinski definition) is 2. The van der Waals surface area contributed by atoms with Gasteiger partial charge in [0.15, 0.2) is 11.6 Å². The lowest BCUT2D eigenvalue weighted by atomic mass is 10.2. The van der Waals surface area contributed by atoms with Gasteiger partial charge in [0, 0.05) is 17.1 Å². The third kappa shape index (κ3) is 3.26. The predicted octanol–water partition coefficient (Wildman–Crippen LogP) is 6.94. The number of fused-ring (bicyclic) bond motifs is 1. The smallest absolute Gasteiger partial charge is 0.416 e. The molecular formula is C19H11BrClF3N2O. The number of imidazole rings is 1. The van der Waals surface area contributed by atoms with Gasteiger partial charge in [-0.05, 0) is 48.5 Å². The molecule has 0 saturated carbocycles. The summed E-state index contributed by atoms with van der Waals surface area (Å²) in [4.78, 5) is 4.41. The molecule has 27 heavy (non-hydrogen) atoms. The quantitative estimate of drug-likeness (QED) is 0.328. The Balaban J connectivity index is 1.79. The Kier molecular flexibility index (Phi) is 4.31. The van der Waals surface area contributed by atoms with Crippen LogP contribution in [0.5, 0.6) is 0 Å². The molecule has 2 aromatic carbocycles. The highest BCUT2D eigenvalue weighted by molar-refractivity contribution is 9.10. The van der Waals surface area contributed by atoms with Crippen LogP contribution in [0.1, 0.15) is 5.56 Å². The molecule has 2 aromatic heterocycles. The predicted molar refractivity (Wildman–Crippen MR) is 102 cm³/mol. The minimum atomic E-state index is -4.41. The van der Waals surface area contributed by atoms with E-state index in [0.717, 1.165) is 16.6 Å². The van der Waals surface area contributed by atoms with E-state index in [1.54, 1.807) is 29.8 Å². The first-order valence-electron chi connectivity index (χ1n) is 7.83. The van der Waals surface area contributed by atoms with Crippen LogP contribution < -0.4 is 0 Å². The molecule has 0 amide bonds. The molecule has 3 nitrogen and oxygen atoms in total. The second kappa shape index (κ2) is 6.42. The molecule has 0 N–H and O–H groups in total. The van der Waals surface area contributed by atoms with Crippen molar-refractivity contribution >= 4 is 38.6 Å². The maximum Gasteiger partial charge on any atom is 0.416 e. The highest BCUT2D eigenvalue weighted by Crippen LogP contribution is 2.36. The van der Waals surface area contributed by atoms with Crippen LogP contribution in [0, 0.1) is 0 Å². The summed E-state index contributed by atoms with van der Waals surface area (Å²) in [6.45, 7) is 0. The van der Waals surface area contributed by atoms with Gasteiger partial charge in [0.25, 0.3) is 0 Å². The molecule has 0 aliphatic rings. The molecule has 0 radical (unpaired) electrons. The Morgan fingerprint density at radius 2 is 1.78 bits per heavy atom. The van der Waals surface area contributed by atoms with Gasteiger partial charge in [0.05, 0.1) is 21.6 Å². The van der Waals surface area contributed by atoms with Crippen LogP contribution in [-0.4, -0.2) is 9.55 Å². The number of hydrogen-bond donors (Lipinski definition) is 0. The maximum atomic E-state index is 13.0. The highest BCUT2D eigenvalue weighted by atomic mass is 79.9. The van der Waals surface area contributed by atoms with Crippen LogP contribution in [0.15, 0.2) is 57.4 Å². The van der Waals surface area contributed by atoms with Crippen molar-refractivity contribution in [2.45, 2.75) is 6.18 Å². The molecule has 0 spiro atoms. The lowest BCUT2D eigenvalue weighted by molar-refractivity contribution is -0.137. The first-order chi connectivity index (χ1) is 12.7. The third-order valence-corrected chi connectivity index (χ3v) is 5.04. The van der Waals surface area contributed by atoms with Crippen molar-refractivity contribution in [3.63, 3.8) is 0 Å². The van der Waals surface area contributed by atoms with Gasteiger partial charge in [-0.25, -0.2) is 4.98 Å². The van der Waals surface area contributed by atoms with Crippen molar-refractivity contribution in [1.29, 1.82) is 0 Å². The van der Waals surface area contributed by atoms with Gasteiger partial charge in [-0.2, -0.15) is 13.2 Å². The van der Waals surface area contributed by atoms with Crippen molar-refractivity contribution in [2.24, 2.45) is 7.05 Å². The third-order valence-electron chi connectivity index (χ3n) is 4.23. The van der Waals surface area contributed by atoms with Gasteiger partial charge in [0.1, 0.15) is 5.76 Å². The Morgan fingerprint density at radius 1 is 1.04 bits per heavy atom. The molecular weight excluding hydrogens is 445 g/mol. The van der Waals surface area contributed by atoms with Gasteiger partial charge in [0.2, 0.25) is 0 Å². The lowest BCUT2D eigenvalue weighted by Crippen LogP contribution is -2.04. The molecule has 0 aliphatic carbocycles. The van der Waals surface area contributed by atoms with Gasteiger partial charge in [-0.1, -0.05) is 27.5 Å². The van der Waals surface area contributed by atoms with E-state index in [1.807, 2.05) is 12.1 Å². The molecule has 4 rings (SSSR count). The van der Waals surface area contributed by atoms with Gasteiger partial charge in [-0.3, -0.25) is 0 Å². The summed E-state index contributed by atoms with van der Waals surface area (Å²) >= 11 is 9.61. The maximum absolute atomic E-state index is 13.0. The molecule has 0 saturated heterocycles. The molecule has 138 valence electrons. The molecule has 8 heteroatoms. The molecule has 0 atom stereocenters. The topological polar surface area (TPSA) is 31.0 Å². The second-order valence-electron chi connectivity index (χ2n) is 5.98. The van der Waals surface area contributed by atoms with E-state index in [0.29, 0.717) is 39.0 Å². The fraction of sp³-hybridized carbons (Fsp3) is 0.105. The average molecular weight is 456 g/mol. The van der Waals surface area contributed by atoms with Crippen LogP contribution in [0.4, 0.5) is 13.2 Å². The standard InChI is InChI=1S/C19H11BrClF3N2O/c1-26-15-8-10(19(22,23)24)2-5-14(15)25-18(26)17-7-6-16(27-17)12-4-3-11(20)9-13(12)21/h2-9H,1H3. The van der Waals surface area contributed by atoms with Gasteiger partial charge in [-0.15, -0.1) is 0 Å². The number of halogens is 5. The Bertz CT molecular complexity index is 1160. The zero-order valence-corrected chi connectivity index (χ0v) is 16.2. The minimum Gasteiger partial charge on any atom is -0.453 e. The lowest BCUT2D eigenvalue weighted by Gasteiger charge is -2.06. The highest BCUT2D eigenvalue weighted by Gasteiger charge is 2.31. The second-order valence-corrected chi connectivity index (χ2v) is 7.31. The van der Waals surface area contributed by atoms with Crippen LogP contribution >= 0.6 is 27.5 Å². The summed E-state index contributed by atoms with van der Waals surface area (Å²) in [6.07, 6.45) is -4.41. The Morgan fingerprint density at radius 3 is 2.48 bits per heavy atom. The number of aryl methyl sites for hydroxylation is 1. The Labute approximate surface area is 165 Å². The SMILES string of the molecule is Cn1c(-c2ccc(-c3ccc(Br)cc3Cl)o2)nc2ccc(C(F)(F)F)cc21. The summed E-state index contributed by atoms with van der Waals surface area (Å²) in [5, 5.41) is 0.519. The summed E-state index contributed by atoms with van der Waals surface area (Å²) in [6, 6.07) is 12.4. The van der Waals surface area contributed by atoms with E-state index in [-0.39, 0.29) is 0 Å². The number of aromatic nitrogens is 2. The Hall–Kier alpha value is -2.25. The fourth-order valence-corrected chi connectivity index (χ4v) is 3.65. The zero-order valence-electron chi connectivity index (χ0n) is 13.8. The van der Waals surface area contributed by atoms with Crippen LogP contribution in [0.2, 0.25) is 5.02 Å². The number of nitrogens with zero attached hydrogens (tertiary/aromatic N) is 2. The van der Waals surface area contributed by atoms with Crippen LogP contribution in [-0.2, 0) is 13.2 Å². The van der Waals surface area contributed by atoms with Crippen molar-refractivity contribution in [3.8, 4) is 22.9 Å². The molecule has 0 unspecified atom stereocenters. The summed E-state index contributed by atoms with van der Waals surface area (Å²) in [5.74, 6) is 1.42.